The van der Waals surface area contributed by atoms with Crippen LogP contribution in [0.1, 0.15) is 12.8 Å². The third-order valence-electron chi connectivity index (χ3n) is 4.60. The average molecular weight is 434 g/mol. The molecule has 0 unspecified atom stereocenters. The van der Waals surface area contributed by atoms with Crippen molar-refractivity contribution < 1.29 is 14.3 Å². The third-order valence-corrected chi connectivity index (χ3v) is 5.35. The highest BCUT2D eigenvalue weighted by atomic mass is 35.5. The zero-order valence-electron chi connectivity index (χ0n) is 15.6. The van der Waals surface area contributed by atoms with Crippen LogP contribution in [0.15, 0.2) is 18.3 Å². The molecule has 0 atom stereocenters. The fourth-order valence-corrected chi connectivity index (χ4v) is 3.64. The van der Waals surface area contributed by atoms with E-state index in [2.05, 4.69) is 20.3 Å². The number of fused-ring (bicyclic) bond motifs is 1. The largest absolute Gasteiger partial charge is 0.495 e. The quantitative estimate of drug-likeness (QED) is 0.625. The van der Waals surface area contributed by atoms with Crippen LogP contribution in [0.2, 0.25) is 10.0 Å². The van der Waals surface area contributed by atoms with Crippen LogP contribution in [0, 0.1) is 5.92 Å². The number of aromatic nitrogens is 3. The number of methoxy groups -OCH3 is 2. The highest BCUT2D eigenvalue weighted by molar-refractivity contribution is 6.41. The number of nitrogens with one attached hydrogen (secondary N) is 1. The Balaban J connectivity index is 1.95. The summed E-state index contributed by atoms with van der Waals surface area (Å²) in [6.45, 7) is 0. The van der Waals surface area contributed by atoms with Crippen molar-refractivity contribution in [2.75, 3.05) is 25.3 Å². The van der Waals surface area contributed by atoms with E-state index >= 15 is 0 Å². The molecule has 0 saturated heterocycles. The maximum Gasteiger partial charge on any atom is 0.228 e. The number of nitrogen functional groups attached to an aromatic ring is 1. The Labute approximate surface area is 176 Å². The van der Waals surface area contributed by atoms with Gasteiger partial charge in [0.1, 0.15) is 17.0 Å². The van der Waals surface area contributed by atoms with Crippen molar-refractivity contribution >= 4 is 51.8 Å². The molecule has 1 aliphatic rings. The van der Waals surface area contributed by atoms with Crippen molar-refractivity contribution in [1.82, 2.24) is 15.0 Å². The number of benzene rings is 1. The van der Waals surface area contributed by atoms with Gasteiger partial charge >= 0.3 is 0 Å². The summed E-state index contributed by atoms with van der Waals surface area (Å²) in [5.41, 5.74) is 6.97. The van der Waals surface area contributed by atoms with Gasteiger partial charge < -0.3 is 20.5 Å². The summed E-state index contributed by atoms with van der Waals surface area (Å²) < 4.78 is 10.7. The molecule has 0 radical (unpaired) electrons. The predicted molar refractivity (Wildman–Crippen MR) is 112 cm³/mol. The maximum atomic E-state index is 12.4. The first-order valence-electron chi connectivity index (χ1n) is 8.77. The molecule has 150 valence electrons. The van der Waals surface area contributed by atoms with Crippen molar-refractivity contribution in [3.63, 3.8) is 0 Å². The summed E-state index contributed by atoms with van der Waals surface area (Å²) in [5.74, 6) is 0.960. The van der Waals surface area contributed by atoms with E-state index in [1.165, 1.54) is 14.2 Å². The SMILES string of the molecule is COc1cc(OC)c(Cl)c(-c2cc3cnc(N)nc3c(NC(=O)C3CC3)n2)c1Cl. The van der Waals surface area contributed by atoms with Gasteiger partial charge in [0.15, 0.2) is 5.82 Å². The maximum absolute atomic E-state index is 12.4. The van der Waals surface area contributed by atoms with Gasteiger partial charge in [0, 0.05) is 29.1 Å². The van der Waals surface area contributed by atoms with Crippen LogP contribution in [0.3, 0.4) is 0 Å². The average Bonchev–Trinajstić information content (AvgIpc) is 3.54. The highest BCUT2D eigenvalue weighted by Gasteiger charge is 2.30. The number of carbonyl (C=O) groups excluding carboxylic acids is 1. The van der Waals surface area contributed by atoms with Gasteiger partial charge in [0.2, 0.25) is 11.9 Å². The number of hydrogen-bond acceptors (Lipinski definition) is 7. The summed E-state index contributed by atoms with van der Waals surface area (Å²) in [7, 11) is 2.98. The lowest BCUT2D eigenvalue weighted by Gasteiger charge is -2.16. The zero-order valence-corrected chi connectivity index (χ0v) is 17.1. The van der Waals surface area contributed by atoms with Gasteiger partial charge in [-0.1, -0.05) is 23.2 Å². The molecule has 10 heteroatoms. The minimum Gasteiger partial charge on any atom is -0.495 e. The van der Waals surface area contributed by atoms with Gasteiger partial charge in [-0.25, -0.2) is 15.0 Å². The Morgan fingerprint density at radius 3 is 2.38 bits per heavy atom. The smallest absolute Gasteiger partial charge is 0.228 e. The minimum atomic E-state index is -0.117. The molecule has 8 nitrogen and oxygen atoms in total. The second-order valence-electron chi connectivity index (χ2n) is 6.57. The second-order valence-corrected chi connectivity index (χ2v) is 7.33. The first-order chi connectivity index (χ1) is 13.9. The molecule has 3 aromatic rings. The molecule has 29 heavy (non-hydrogen) atoms. The molecule has 2 aromatic heterocycles. The number of anilines is 2. The number of ether oxygens (including phenoxy) is 2. The van der Waals surface area contributed by atoms with Crippen LogP contribution in [0.4, 0.5) is 11.8 Å². The lowest BCUT2D eigenvalue weighted by molar-refractivity contribution is -0.117. The molecule has 1 amide bonds. The van der Waals surface area contributed by atoms with Crippen molar-refractivity contribution in [2.24, 2.45) is 5.92 Å². The number of pyridine rings is 1. The molecule has 0 aliphatic heterocycles. The molecule has 1 aliphatic carbocycles. The van der Waals surface area contributed by atoms with Crippen molar-refractivity contribution in [2.45, 2.75) is 12.8 Å². The van der Waals surface area contributed by atoms with Crippen molar-refractivity contribution in [1.29, 1.82) is 0 Å². The van der Waals surface area contributed by atoms with Gasteiger partial charge in [0.25, 0.3) is 0 Å². The van der Waals surface area contributed by atoms with Crippen LogP contribution in [0.25, 0.3) is 22.2 Å². The molecule has 4 rings (SSSR count). The molecule has 1 aromatic carbocycles. The monoisotopic (exact) mass is 433 g/mol. The lowest BCUT2D eigenvalue weighted by atomic mass is 10.1. The Morgan fingerprint density at radius 2 is 1.79 bits per heavy atom. The van der Waals surface area contributed by atoms with Crippen LogP contribution in [-0.2, 0) is 4.79 Å². The number of hydrogen-bond donors (Lipinski definition) is 2. The van der Waals surface area contributed by atoms with Gasteiger partial charge in [-0.3, -0.25) is 4.79 Å². The molecule has 1 saturated carbocycles. The van der Waals surface area contributed by atoms with Crippen molar-refractivity contribution in [3.8, 4) is 22.8 Å². The Kier molecular flexibility index (Phi) is 5.06. The summed E-state index contributed by atoms with van der Waals surface area (Å²) in [4.78, 5) is 25.2. The topological polar surface area (TPSA) is 112 Å². The summed E-state index contributed by atoms with van der Waals surface area (Å²) >= 11 is 13.1. The molecule has 2 heterocycles. The zero-order chi connectivity index (χ0) is 20.7. The van der Waals surface area contributed by atoms with Gasteiger partial charge in [0.05, 0.1) is 30.0 Å². The molecular weight excluding hydrogens is 417 g/mol. The molecule has 0 spiro atoms. The van der Waals surface area contributed by atoms with E-state index in [-0.39, 0.29) is 33.6 Å². The van der Waals surface area contributed by atoms with Crippen molar-refractivity contribution in [3.05, 3.63) is 28.4 Å². The first kappa shape index (κ1) is 19.5. The van der Waals surface area contributed by atoms with E-state index in [0.717, 1.165) is 12.8 Å². The van der Waals surface area contributed by atoms with E-state index in [1.54, 1.807) is 18.3 Å². The molecule has 1 fully saturated rings. The van der Waals surface area contributed by atoms with Gasteiger partial charge in [-0.15, -0.1) is 0 Å². The van der Waals surface area contributed by atoms with Gasteiger partial charge in [-0.2, -0.15) is 0 Å². The molecule has 0 bridgehead atoms. The normalized spacial score (nSPS) is 13.4. The summed E-state index contributed by atoms with van der Waals surface area (Å²) in [5, 5.41) is 3.98. The molecule has 3 N–H and O–H groups in total. The number of carbonyl (C=O) groups is 1. The highest BCUT2D eigenvalue weighted by Crippen LogP contribution is 2.46. The summed E-state index contributed by atoms with van der Waals surface area (Å²) in [6.07, 6.45) is 3.26. The second kappa shape index (κ2) is 7.53. The number of amides is 1. The Bertz CT molecular complexity index is 1110. The number of rotatable bonds is 5. The third kappa shape index (κ3) is 3.61. The van der Waals surface area contributed by atoms with E-state index < -0.39 is 0 Å². The number of nitrogens with zero attached hydrogens (tertiary/aromatic N) is 3. The van der Waals surface area contributed by atoms with E-state index in [4.69, 9.17) is 38.4 Å². The number of nitrogens with two attached hydrogens (primary N) is 1. The predicted octanol–water partition coefficient (Wildman–Crippen LogP) is 3.95. The van der Waals surface area contributed by atoms with Gasteiger partial charge in [-0.05, 0) is 18.9 Å². The summed E-state index contributed by atoms with van der Waals surface area (Å²) in [6, 6.07) is 3.31. The van der Waals surface area contributed by atoms with Crippen LogP contribution in [-0.4, -0.2) is 35.1 Å². The molecular formula is C19H17Cl2N5O3. The fraction of sp³-hybridized carbons (Fsp3) is 0.263. The van der Waals surface area contributed by atoms with Crippen LogP contribution < -0.4 is 20.5 Å². The Morgan fingerprint density at radius 1 is 1.14 bits per heavy atom. The standard InChI is InChI=1S/C19H17Cl2N5O3/c1-28-11-6-12(29-2)15(21)13(14(11)20)10-5-9-7-23-19(22)25-16(9)17(24-10)26-18(27)8-3-4-8/h5-8H,3-4H2,1-2H3,(H2,22,23,25)(H,24,26,27). The van der Waals surface area contributed by atoms with Crippen LogP contribution in [0.5, 0.6) is 11.5 Å². The van der Waals surface area contributed by atoms with E-state index in [0.29, 0.717) is 33.7 Å². The van der Waals surface area contributed by atoms with Crippen LogP contribution >= 0.6 is 23.2 Å². The number of halogens is 2. The van der Waals surface area contributed by atoms with E-state index in [9.17, 15) is 4.79 Å². The fourth-order valence-electron chi connectivity index (χ4n) is 2.94. The minimum absolute atomic E-state index is 0.0150. The van der Waals surface area contributed by atoms with E-state index in [1.807, 2.05) is 0 Å². The lowest BCUT2D eigenvalue weighted by Crippen LogP contribution is -2.15. The Hall–Kier alpha value is -2.84. The first-order valence-corrected chi connectivity index (χ1v) is 9.53.